The van der Waals surface area contributed by atoms with Gasteiger partial charge in [0.25, 0.3) is 0 Å². The van der Waals surface area contributed by atoms with E-state index in [9.17, 15) is 9.59 Å². The molecule has 0 aliphatic heterocycles. The molecule has 2 aromatic carbocycles. The monoisotopic (exact) mass is 473 g/mol. The van der Waals surface area contributed by atoms with E-state index in [1.54, 1.807) is 11.9 Å². The Bertz CT molecular complexity index is 1260. The zero-order valence-corrected chi connectivity index (χ0v) is 20.2. The molecule has 34 heavy (non-hydrogen) atoms. The molecule has 0 radical (unpaired) electrons. The molecule has 0 atom stereocenters. The standard InChI is InChI=1S/C26H27N5O2S/c1-18(2)25(33)28-26-27-21(17-34-26)14-23(32)30(3)15-20-16-31(22-12-8-5-9-13-22)29-24(20)19-10-6-4-7-11-19/h4-13,16-18H,14-15H2,1-3H3,(H,27,28,33). The second kappa shape index (κ2) is 10.4. The lowest BCUT2D eigenvalue weighted by atomic mass is 10.1. The molecule has 0 fully saturated rings. The van der Waals surface area contributed by atoms with Crippen molar-refractivity contribution in [1.29, 1.82) is 0 Å². The third kappa shape index (κ3) is 5.58. The molecule has 8 heteroatoms. The first-order chi connectivity index (χ1) is 16.4. The van der Waals surface area contributed by atoms with Crippen molar-refractivity contribution in [2.24, 2.45) is 5.92 Å². The molecule has 0 aliphatic rings. The van der Waals surface area contributed by atoms with Crippen LogP contribution in [0, 0.1) is 5.92 Å². The van der Waals surface area contributed by atoms with E-state index in [-0.39, 0.29) is 24.2 Å². The van der Waals surface area contributed by atoms with E-state index < -0.39 is 0 Å². The number of thiazole rings is 1. The fraction of sp³-hybridized carbons (Fsp3) is 0.231. The molecule has 174 valence electrons. The Morgan fingerprint density at radius 1 is 1.06 bits per heavy atom. The molecular formula is C26H27N5O2S. The highest BCUT2D eigenvalue weighted by atomic mass is 32.1. The number of nitrogens with zero attached hydrogens (tertiary/aromatic N) is 4. The fourth-order valence-electron chi connectivity index (χ4n) is 3.41. The summed E-state index contributed by atoms with van der Waals surface area (Å²) in [7, 11) is 1.78. The summed E-state index contributed by atoms with van der Waals surface area (Å²) in [5.74, 6) is -0.276. The van der Waals surface area contributed by atoms with E-state index in [0.717, 1.165) is 22.5 Å². The number of anilines is 1. The highest BCUT2D eigenvalue weighted by molar-refractivity contribution is 7.13. The van der Waals surface area contributed by atoms with Crippen molar-refractivity contribution >= 4 is 28.3 Å². The summed E-state index contributed by atoms with van der Waals surface area (Å²) in [5.41, 5.74) is 4.39. The molecule has 2 aromatic heterocycles. The first kappa shape index (κ1) is 23.4. The number of nitrogens with one attached hydrogen (secondary N) is 1. The maximum atomic E-state index is 13.0. The van der Waals surface area contributed by atoms with Crippen molar-refractivity contribution in [3.63, 3.8) is 0 Å². The topological polar surface area (TPSA) is 80.1 Å². The van der Waals surface area contributed by atoms with Crippen molar-refractivity contribution in [1.82, 2.24) is 19.7 Å². The van der Waals surface area contributed by atoms with Crippen LogP contribution in [0.1, 0.15) is 25.1 Å². The molecule has 1 N–H and O–H groups in total. The van der Waals surface area contributed by atoms with Crippen LogP contribution in [0.2, 0.25) is 0 Å². The number of carbonyl (C=O) groups is 2. The number of likely N-dealkylation sites (N-methyl/N-ethyl adjacent to an activating group) is 1. The maximum absolute atomic E-state index is 13.0. The smallest absolute Gasteiger partial charge is 0.228 e. The number of hydrogen-bond donors (Lipinski definition) is 1. The van der Waals surface area contributed by atoms with Crippen LogP contribution >= 0.6 is 11.3 Å². The van der Waals surface area contributed by atoms with E-state index in [0.29, 0.717) is 17.4 Å². The number of aromatic nitrogens is 3. The minimum absolute atomic E-state index is 0.0569. The van der Waals surface area contributed by atoms with Crippen molar-refractivity contribution in [2.45, 2.75) is 26.8 Å². The lowest BCUT2D eigenvalue weighted by Gasteiger charge is -2.16. The van der Waals surface area contributed by atoms with Gasteiger partial charge in [-0.1, -0.05) is 62.4 Å². The van der Waals surface area contributed by atoms with Gasteiger partial charge in [-0.25, -0.2) is 9.67 Å². The first-order valence-electron chi connectivity index (χ1n) is 11.1. The van der Waals surface area contributed by atoms with Crippen LogP contribution in [0.15, 0.2) is 72.2 Å². The predicted octanol–water partition coefficient (Wildman–Crippen LogP) is 4.79. The van der Waals surface area contributed by atoms with Gasteiger partial charge in [0.2, 0.25) is 11.8 Å². The average molecular weight is 474 g/mol. The molecule has 0 spiro atoms. The summed E-state index contributed by atoms with van der Waals surface area (Å²) in [6.45, 7) is 4.06. The highest BCUT2D eigenvalue weighted by Gasteiger charge is 2.18. The summed E-state index contributed by atoms with van der Waals surface area (Å²) in [6, 6.07) is 19.9. The van der Waals surface area contributed by atoms with Gasteiger partial charge in [-0.3, -0.25) is 9.59 Å². The fourth-order valence-corrected chi connectivity index (χ4v) is 4.12. The maximum Gasteiger partial charge on any atom is 0.228 e. The van der Waals surface area contributed by atoms with Crippen LogP contribution in [-0.4, -0.2) is 38.5 Å². The third-order valence-corrected chi connectivity index (χ3v) is 6.14. The molecule has 4 aromatic rings. The quantitative estimate of drug-likeness (QED) is 0.399. The number of carbonyl (C=O) groups excluding carboxylic acids is 2. The number of rotatable bonds is 8. The molecular weight excluding hydrogens is 446 g/mol. The Balaban J connectivity index is 1.50. The van der Waals surface area contributed by atoms with Gasteiger partial charge in [-0.05, 0) is 12.1 Å². The molecule has 2 amide bonds. The normalized spacial score (nSPS) is 10.9. The van der Waals surface area contributed by atoms with Crippen LogP contribution in [0.25, 0.3) is 16.9 Å². The van der Waals surface area contributed by atoms with Gasteiger partial charge in [0, 0.05) is 42.2 Å². The molecule has 4 rings (SSSR count). The zero-order chi connectivity index (χ0) is 24.1. The van der Waals surface area contributed by atoms with E-state index >= 15 is 0 Å². The van der Waals surface area contributed by atoms with Crippen molar-refractivity contribution in [3.05, 3.63) is 83.5 Å². The van der Waals surface area contributed by atoms with Crippen LogP contribution in [0.4, 0.5) is 5.13 Å². The van der Waals surface area contributed by atoms with E-state index in [2.05, 4.69) is 10.3 Å². The van der Waals surface area contributed by atoms with Crippen molar-refractivity contribution in [3.8, 4) is 16.9 Å². The van der Waals surface area contributed by atoms with Gasteiger partial charge < -0.3 is 10.2 Å². The second-order valence-corrected chi connectivity index (χ2v) is 9.22. The van der Waals surface area contributed by atoms with Crippen LogP contribution in [-0.2, 0) is 22.6 Å². The lowest BCUT2D eigenvalue weighted by Crippen LogP contribution is -2.28. The molecule has 0 saturated carbocycles. The summed E-state index contributed by atoms with van der Waals surface area (Å²) in [5, 5.41) is 9.92. The van der Waals surface area contributed by atoms with Gasteiger partial charge in [0.15, 0.2) is 5.13 Å². The average Bonchev–Trinajstić information content (AvgIpc) is 3.47. The van der Waals surface area contributed by atoms with Gasteiger partial charge >= 0.3 is 0 Å². The Labute approximate surface area is 203 Å². The molecule has 0 unspecified atom stereocenters. The summed E-state index contributed by atoms with van der Waals surface area (Å²) < 4.78 is 1.85. The summed E-state index contributed by atoms with van der Waals surface area (Å²) in [4.78, 5) is 30.9. The minimum Gasteiger partial charge on any atom is -0.341 e. The second-order valence-electron chi connectivity index (χ2n) is 8.36. The van der Waals surface area contributed by atoms with Gasteiger partial charge in [0.1, 0.15) is 0 Å². The summed E-state index contributed by atoms with van der Waals surface area (Å²) in [6.07, 6.45) is 2.14. The van der Waals surface area contributed by atoms with Crippen LogP contribution in [0.3, 0.4) is 0 Å². The Morgan fingerprint density at radius 3 is 2.41 bits per heavy atom. The van der Waals surface area contributed by atoms with Crippen molar-refractivity contribution < 1.29 is 9.59 Å². The van der Waals surface area contributed by atoms with Gasteiger partial charge in [-0.2, -0.15) is 5.10 Å². The van der Waals surface area contributed by atoms with Gasteiger partial charge in [0.05, 0.1) is 23.5 Å². The van der Waals surface area contributed by atoms with E-state index in [1.165, 1.54) is 11.3 Å². The molecule has 7 nitrogen and oxygen atoms in total. The van der Waals surface area contributed by atoms with Crippen LogP contribution < -0.4 is 5.32 Å². The third-order valence-electron chi connectivity index (χ3n) is 5.33. The molecule has 0 saturated heterocycles. The number of benzene rings is 2. The van der Waals surface area contributed by atoms with Gasteiger partial charge in [-0.15, -0.1) is 11.3 Å². The predicted molar refractivity (Wildman–Crippen MR) is 135 cm³/mol. The largest absolute Gasteiger partial charge is 0.341 e. The Hall–Kier alpha value is -3.78. The summed E-state index contributed by atoms with van der Waals surface area (Å²) >= 11 is 1.33. The number of para-hydroxylation sites is 1. The highest BCUT2D eigenvalue weighted by Crippen LogP contribution is 2.25. The Kier molecular flexibility index (Phi) is 7.18. The lowest BCUT2D eigenvalue weighted by molar-refractivity contribution is -0.129. The molecule has 0 bridgehead atoms. The van der Waals surface area contributed by atoms with E-state index in [4.69, 9.17) is 5.10 Å². The first-order valence-corrected chi connectivity index (χ1v) is 12.0. The Morgan fingerprint density at radius 2 is 1.74 bits per heavy atom. The molecule has 2 heterocycles. The van der Waals surface area contributed by atoms with E-state index in [1.807, 2.05) is 90.8 Å². The van der Waals surface area contributed by atoms with Crippen LogP contribution in [0.5, 0.6) is 0 Å². The van der Waals surface area contributed by atoms with Crippen molar-refractivity contribution in [2.75, 3.05) is 12.4 Å². The zero-order valence-electron chi connectivity index (χ0n) is 19.4. The number of amides is 2. The molecule has 0 aliphatic carbocycles. The minimum atomic E-state index is -0.129. The SMILES string of the molecule is CC(C)C(=O)Nc1nc(CC(=O)N(C)Cc2cn(-c3ccccc3)nc2-c2ccccc2)cs1. The number of hydrogen-bond acceptors (Lipinski definition) is 5.